The Hall–Kier alpha value is -0.700. The van der Waals surface area contributed by atoms with E-state index in [1.807, 2.05) is 0 Å². The van der Waals surface area contributed by atoms with E-state index < -0.39 is 0 Å². The molecule has 41 valence electrons. The lowest BCUT2D eigenvalue weighted by Gasteiger charge is -2.09. The van der Waals surface area contributed by atoms with Crippen molar-refractivity contribution in [1.82, 2.24) is 0 Å². The first-order valence-corrected chi connectivity index (χ1v) is 2.86. The molecule has 0 aromatic carbocycles. The first kappa shape index (κ1) is 5.44. The highest BCUT2D eigenvalue weighted by molar-refractivity contribution is 5.20. The minimum Gasteiger partial charge on any atom is -0.102 e. The second-order valence-corrected chi connectivity index (χ2v) is 1.93. The molecule has 0 nitrogen and oxygen atoms in total. The zero-order valence-electron chi connectivity index (χ0n) is 4.91. The molecule has 8 heavy (non-hydrogen) atoms. The van der Waals surface area contributed by atoms with Crippen LogP contribution in [0.2, 0.25) is 0 Å². The maximum atomic E-state index is 3.43. The van der Waals surface area contributed by atoms with Crippen LogP contribution in [0, 0.1) is 18.8 Å². The second kappa shape index (κ2) is 2.57. The molecule has 0 atom stereocenters. The fourth-order valence-electron chi connectivity index (χ4n) is 0.685. The smallest absolute Gasteiger partial charge is 0.0299 e. The van der Waals surface area contributed by atoms with Gasteiger partial charge in [-0.3, -0.25) is 0 Å². The van der Waals surface area contributed by atoms with E-state index in [4.69, 9.17) is 0 Å². The average molecular weight is 105 g/mol. The summed E-state index contributed by atoms with van der Waals surface area (Å²) in [5, 5.41) is 0. The summed E-state index contributed by atoms with van der Waals surface area (Å²) in [5.74, 6) is 5.55. The highest BCUT2D eigenvalue weighted by atomic mass is 14.1. The van der Waals surface area contributed by atoms with Gasteiger partial charge in [0.15, 0.2) is 0 Å². The van der Waals surface area contributed by atoms with Gasteiger partial charge in [-0.15, -0.1) is 5.92 Å². The van der Waals surface area contributed by atoms with Gasteiger partial charge in [0, 0.05) is 13.3 Å². The normalized spacial score (nSPS) is 15.4. The van der Waals surface area contributed by atoms with Gasteiger partial charge in [-0.25, -0.2) is 0 Å². The van der Waals surface area contributed by atoms with Crippen molar-refractivity contribution in [3.8, 4) is 11.8 Å². The highest BCUT2D eigenvalue weighted by Crippen LogP contribution is 2.19. The molecular formula is C8H9. The second-order valence-electron chi connectivity index (χ2n) is 1.93. The van der Waals surface area contributed by atoms with Crippen LogP contribution in [0.15, 0.2) is 11.6 Å². The van der Waals surface area contributed by atoms with Crippen LogP contribution in [0.5, 0.6) is 0 Å². The predicted molar refractivity (Wildman–Crippen MR) is 35.1 cm³/mol. The van der Waals surface area contributed by atoms with Crippen LogP contribution in [0.3, 0.4) is 0 Å². The quantitative estimate of drug-likeness (QED) is 0.353. The van der Waals surface area contributed by atoms with E-state index in [0.717, 1.165) is 6.42 Å². The Kier molecular flexibility index (Phi) is 1.75. The van der Waals surface area contributed by atoms with E-state index in [1.165, 1.54) is 18.4 Å². The molecule has 0 unspecified atom stereocenters. The SMILES string of the molecule is [CH2]C#CCC1=CCC1. The van der Waals surface area contributed by atoms with E-state index in [2.05, 4.69) is 24.8 Å². The molecular weight excluding hydrogens is 96.1 g/mol. The van der Waals surface area contributed by atoms with Crippen LogP contribution in [0.4, 0.5) is 0 Å². The number of hydrogen-bond acceptors (Lipinski definition) is 0. The van der Waals surface area contributed by atoms with E-state index >= 15 is 0 Å². The molecule has 0 fully saturated rings. The molecule has 1 aliphatic rings. The van der Waals surface area contributed by atoms with Crippen LogP contribution in [-0.2, 0) is 0 Å². The van der Waals surface area contributed by atoms with Crippen LogP contribution in [0.25, 0.3) is 0 Å². The molecule has 0 bridgehead atoms. The van der Waals surface area contributed by atoms with Crippen molar-refractivity contribution in [1.29, 1.82) is 0 Å². The Labute approximate surface area is 50.6 Å². The lowest BCUT2D eigenvalue weighted by molar-refractivity contribution is 0.848. The number of hydrogen-bond donors (Lipinski definition) is 0. The largest absolute Gasteiger partial charge is 0.102 e. The third-order valence-corrected chi connectivity index (χ3v) is 1.34. The lowest BCUT2D eigenvalue weighted by Crippen LogP contribution is -1.90. The van der Waals surface area contributed by atoms with E-state index in [0.29, 0.717) is 0 Å². The van der Waals surface area contributed by atoms with Gasteiger partial charge in [0.05, 0.1) is 0 Å². The van der Waals surface area contributed by atoms with Crippen LogP contribution < -0.4 is 0 Å². The van der Waals surface area contributed by atoms with Gasteiger partial charge in [-0.1, -0.05) is 17.6 Å². The van der Waals surface area contributed by atoms with Crippen LogP contribution in [-0.4, -0.2) is 0 Å². The molecule has 0 saturated heterocycles. The van der Waals surface area contributed by atoms with Gasteiger partial charge in [-0.05, 0) is 12.8 Å². The molecule has 1 radical (unpaired) electrons. The fraction of sp³-hybridized carbons (Fsp3) is 0.375. The van der Waals surface area contributed by atoms with E-state index in [-0.39, 0.29) is 0 Å². The molecule has 0 aliphatic heterocycles. The van der Waals surface area contributed by atoms with Crippen molar-refractivity contribution in [3.05, 3.63) is 18.6 Å². The predicted octanol–water partition coefficient (Wildman–Crippen LogP) is 1.93. The van der Waals surface area contributed by atoms with Gasteiger partial charge < -0.3 is 0 Å². The molecule has 0 aromatic heterocycles. The Morgan fingerprint density at radius 3 is 2.88 bits per heavy atom. The van der Waals surface area contributed by atoms with Crippen molar-refractivity contribution in [3.63, 3.8) is 0 Å². The molecule has 0 heteroatoms. The monoisotopic (exact) mass is 105 g/mol. The third kappa shape index (κ3) is 1.13. The van der Waals surface area contributed by atoms with Crippen molar-refractivity contribution in [2.45, 2.75) is 19.3 Å². The van der Waals surface area contributed by atoms with Crippen molar-refractivity contribution < 1.29 is 0 Å². The van der Waals surface area contributed by atoms with Crippen molar-refractivity contribution in [2.75, 3.05) is 0 Å². The molecule has 0 aromatic rings. The third-order valence-electron chi connectivity index (χ3n) is 1.34. The zero-order chi connectivity index (χ0) is 5.82. The molecule has 0 saturated carbocycles. The molecule has 0 heterocycles. The summed E-state index contributed by atoms with van der Waals surface area (Å²) >= 11 is 0. The number of allylic oxidation sites excluding steroid dienone is 2. The van der Waals surface area contributed by atoms with E-state index in [1.54, 1.807) is 0 Å². The maximum Gasteiger partial charge on any atom is 0.0299 e. The maximum absolute atomic E-state index is 3.43. The summed E-state index contributed by atoms with van der Waals surface area (Å²) in [6.07, 6.45) is 5.71. The summed E-state index contributed by atoms with van der Waals surface area (Å²) in [7, 11) is 0. The Morgan fingerprint density at radius 1 is 1.75 bits per heavy atom. The highest BCUT2D eigenvalue weighted by Gasteiger charge is 2.01. The molecule has 0 spiro atoms. The zero-order valence-corrected chi connectivity index (χ0v) is 4.91. The van der Waals surface area contributed by atoms with Gasteiger partial charge in [0.25, 0.3) is 0 Å². The lowest BCUT2D eigenvalue weighted by atomic mass is 9.96. The van der Waals surface area contributed by atoms with Crippen molar-refractivity contribution in [2.24, 2.45) is 0 Å². The first-order valence-electron chi connectivity index (χ1n) is 2.86. The van der Waals surface area contributed by atoms with Crippen LogP contribution >= 0.6 is 0 Å². The Morgan fingerprint density at radius 2 is 2.50 bits per heavy atom. The van der Waals surface area contributed by atoms with Crippen LogP contribution in [0.1, 0.15) is 19.3 Å². The first-order chi connectivity index (χ1) is 3.93. The summed E-state index contributed by atoms with van der Waals surface area (Å²) in [6, 6.07) is 0. The standard InChI is InChI=1S/C8H9/c1-2-3-5-8-6-4-7-8/h6H,1,4-5,7H2. The summed E-state index contributed by atoms with van der Waals surface area (Å²) in [5.41, 5.74) is 1.49. The minimum absolute atomic E-state index is 0.948. The molecule has 1 aliphatic carbocycles. The summed E-state index contributed by atoms with van der Waals surface area (Å²) < 4.78 is 0. The number of rotatable bonds is 1. The topological polar surface area (TPSA) is 0 Å². The Balaban J connectivity index is 2.26. The fourth-order valence-corrected chi connectivity index (χ4v) is 0.685. The van der Waals surface area contributed by atoms with Gasteiger partial charge in [0.2, 0.25) is 0 Å². The average Bonchev–Trinajstić information content (AvgIpc) is 1.63. The van der Waals surface area contributed by atoms with Gasteiger partial charge in [-0.2, -0.15) is 0 Å². The molecule has 0 N–H and O–H groups in total. The van der Waals surface area contributed by atoms with E-state index in [9.17, 15) is 0 Å². The molecule has 1 rings (SSSR count). The van der Waals surface area contributed by atoms with Gasteiger partial charge in [0.1, 0.15) is 0 Å². The van der Waals surface area contributed by atoms with Crippen molar-refractivity contribution >= 4 is 0 Å². The Bertz CT molecular complexity index is 153. The summed E-state index contributed by atoms with van der Waals surface area (Å²) in [4.78, 5) is 0. The molecule has 0 amide bonds. The minimum atomic E-state index is 0.948. The summed E-state index contributed by atoms with van der Waals surface area (Å²) in [6.45, 7) is 3.43. The van der Waals surface area contributed by atoms with Gasteiger partial charge >= 0.3 is 0 Å².